The second kappa shape index (κ2) is 7.98. The molecule has 2 N–H and O–H groups in total. The van der Waals surface area contributed by atoms with Gasteiger partial charge in [-0.1, -0.05) is 12.1 Å². The van der Waals surface area contributed by atoms with Crippen LogP contribution in [0.2, 0.25) is 0 Å². The van der Waals surface area contributed by atoms with Crippen molar-refractivity contribution in [3.63, 3.8) is 0 Å². The maximum absolute atomic E-state index is 12.8. The van der Waals surface area contributed by atoms with Crippen LogP contribution in [-0.2, 0) is 17.5 Å². The number of fused-ring (bicyclic) bond motifs is 1. The number of methoxy groups -OCH3 is 1. The molecule has 2 aromatic carbocycles. The van der Waals surface area contributed by atoms with E-state index in [0.717, 1.165) is 24.2 Å². The van der Waals surface area contributed by atoms with Crippen LogP contribution < -0.4 is 10.1 Å². The minimum atomic E-state index is -4.55. The van der Waals surface area contributed by atoms with Crippen LogP contribution >= 0.6 is 0 Å². The second-order valence-corrected chi connectivity index (χ2v) is 7.35. The lowest BCUT2D eigenvalue weighted by Crippen LogP contribution is -2.34. The maximum atomic E-state index is 12.8. The predicted octanol–water partition coefficient (Wildman–Crippen LogP) is 4.19. The molecule has 1 aliphatic rings. The summed E-state index contributed by atoms with van der Waals surface area (Å²) in [4.78, 5) is 20.5. The third-order valence-electron chi connectivity index (χ3n) is 4.99. The van der Waals surface area contributed by atoms with Gasteiger partial charge in [0, 0.05) is 18.3 Å². The van der Waals surface area contributed by atoms with Gasteiger partial charge in [0.15, 0.2) is 0 Å². The van der Waals surface area contributed by atoms with Gasteiger partial charge in [0.05, 0.1) is 24.7 Å². The molecule has 0 atom stereocenters. The van der Waals surface area contributed by atoms with E-state index in [1.807, 2.05) is 24.3 Å². The summed E-state index contributed by atoms with van der Waals surface area (Å²) in [6.45, 7) is 0.835. The van der Waals surface area contributed by atoms with Gasteiger partial charge in [-0.3, -0.25) is 9.69 Å². The van der Waals surface area contributed by atoms with E-state index in [1.165, 1.54) is 12.1 Å². The first-order valence-electron chi connectivity index (χ1n) is 9.55. The Morgan fingerprint density at radius 2 is 1.97 bits per heavy atom. The average molecular weight is 418 g/mol. The van der Waals surface area contributed by atoms with Crippen molar-refractivity contribution < 1.29 is 22.7 Å². The van der Waals surface area contributed by atoms with Gasteiger partial charge >= 0.3 is 6.18 Å². The molecule has 0 spiro atoms. The molecular weight excluding hydrogens is 397 g/mol. The largest absolute Gasteiger partial charge is 0.497 e. The summed E-state index contributed by atoms with van der Waals surface area (Å²) >= 11 is 0. The molecular formula is C21H21F3N4O2. The normalized spacial score (nSPS) is 14.3. The first kappa shape index (κ1) is 20.2. The zero-order valence-corrected chi connectivity index (χ0v) is 16.3. The first-order valence-corrected chi connectivity index (χ1v) is 9.55. The highest BCUT2D eigenvalue weighted by atomic mass is 19.4. The number of aromatic nitrogens is 2. The number of hydrogen-bond acceptors (Lipinski definition) is 4. The van der Waals surface area contributed by atoms with E-state index >= 15 is 0 Å². The number of ether oxygens (including phenoxy) is 1. The molecule has 0 unspecified atom stereocenters. The molecule has 1 fully saturated rings. The predicted molar refractivity (Wildman–Crippen MR) is 106 cm³/mol. The highest BCUT2D eigenvalue weighted by Crippen LogP contribution is 2.30. The summed E-state index contributed by atoms with van der Waals surface area (Å²) < 4.78 is 43.6. The molecule has 3 aromatic rings. The van der Waals surface area contributed by atoms with Gasteiger partial charge in [0.1, 0.15) is 5.75 Å². The van der Waals surface area contributed by atoms with E-state index in [-0.39, 0.29) is 23.5 Å². The van der Waals surface area contributed by atoms with Gasteiger partial charge in [0.25, 0.3) is 0 Å². The van der Waals surface area contributed by atoms with Crippen LogP contribution in [0.15, 0.2) is 42.5 Å². The Hall–Kier alpha value is -3.07. The smallest absolute Gasteiger partial charge is 0.449 e. The van der Waals surface area contributed by atoms with Crippen LogP contribution in [0.1, 0.15) is 24.2 Å². The molecule has 0 bridgehead atoms. The van der Waals surface area contributed by atoms with Crippen LogP contribution in [0.25, 0.3) is 11.0 Å². The fraction of sp³-hybridized carbons (Fsp3) is 0.333. The molecule has 9 heteroatoms. The summed E-state index contributed by atoms with van der Waals surface area (Å²) in [5.74, 6) is -0.497. The summed E-state index contributed by atoms with van der Waals surface area (Å²) in [6, 6.07) is 12.5. The highest BCUT2D eigenvalue weighted by Gasteiger charge is 2.34. The number of alkyl halides is 3. The van der Waals surface area contributed by atoms with E-state index in [0.29, 0.717) is 18.3 Å². The third kappa shape index (κ3) is 4.73. The molecule has 0 radical (unpaired) electrons. The fourth-order valence-corrected chi connectivity index (χ4v) is 3.33. The molecule has 0 aliphatic heterocycles. The first-order chi connectivity index (χ1) is 14.3. The summed E-state index contributed by atoms with van der Waals surface area (Å²) in [7, 11) is 1.61. The molecule has 1 aromatic heterocycles. The zero-order chi connectivity index (χ0) is 21.3. The van der Waals surface area contributed by atoms with Gasteiger partial charge in [-0.25, -0.2) is 4.98 Å². The average Bonchev–Trinajstić information content (AvgIpc) is 3.46. The van der Waals surface area contributed by atoms with Gasteiger partial charge in [-0.2, -0.15) is 13.2 Å². The number of carbonyl (C=O) groups excluding carboxylic acids is 1. The topological polar surface area (TPSA) is 70.2 Å². The zero-order valence-electron chi connectivity index (χ0n) is 16.3. The van der Waals surface area contributed by atoms with Crippen molar-refractivity contribution in [2.24, 2.45) is 0 Å². The van der Waals surface area contributed by atoms with Crippen LogP contribution in [0.5, 0.6) is 5.75 Å². The Morgan fingerprint density at radius 3 is 2.60 bits per heavy atom. The second-order valence-electron chi connectivity index (χ2n) is 7.35. The molecule has 1 saturated carbocycles. The number of halogens is 3. The van der Waals surface area contributed by atoms with Crippen molar-refractivity contribution in [2.75, 3.05) is 19.0 Å². The molecule has 1 heterocycles. The maximum Gasteiger partial charge on any atom is 0.449 e. The Balaban J connectivity index is 1.41. The number of nitrogens with one attached hydrogen (secondary N) is 2. The van der Waals surface area contributed by atoms with Crippen LogP contribution in [0, 0.1) is 0 Å². The van der Waals surface area contributed by atoms with Gasteiger partial charge < -0.3 is 15.0 Å². The van der Waals surface area contributed by atoms with E-state index in [2.05, 4.69) is 20.2 Å². The van der Waals surface area contributed by atoms with Crippen LogP contribution in [-0.4, -0.2) is 40.5 Å². The van der Waals surface area contributed by atoms with Gasteiger partial charge in [-0.05, 0) is 48.7 Å². The Morgan fingerprint density at radius 1 is 1.23 bits per heavy atom. The summed E-state index contributed by atoms with van der Waals surface area (Å²) in [5, 5.41) is 2.77. The SMILES string of the molecule is COc1ccc(CN(CC(=O)Nc2ccc3nc(C(F)(F)F)[nH]c3c2)C2CC2)cc1. The number of H-pyrrole nitrogens is 1. The summed E-state index contributed by atoms with van der Waals surface area (Å²) in [6.07, 6.45) is -2.46. The number of imidazole rings is 1. The quantitative estimate of drug-likeness (QED) is 0.604. The van der Waals surface area contributed by atoms with E-state index in [1.54, 1.807) is 13.2 Å². The number of aromatic amines is 1. The Labute approximate surface area is 171 Å². The molecule has 1 amide bonds. The number of rotatable bonds is 7. The molecule has 158 valence electrons. The monoisotopic (exact) mass is 418 g/mol. The van der Waals surface area contributed by atoms with Crippen molar-refractivity contribution >= 4 is 22.6 Å². The lowest BCUT2D eigenvalue weighted by Gasteiger charge is -2.21. The van der Waals surface area contributed by atoms with Crippen molar-refractivity contribution in [2.45, 2.75) is 31.6 Å². The van der Waals surface area contributed by atoms with E-state index < -0.39 is 12.0 Å². The van der Waals surface area contributed by atoms with Crippen LogP contribution in [0.3, 0.4) is 0 Å². The van der Waals surface area contributed by atoms with Gasteiger partial charge in [0.2, 0.25) is 11.7 Å². The van der Waals surface area contributed by atoms with Gasteiger partial charge in [-0.15, -0.1) is 0 Å². The lowest BCUT2D eigenvalue weighted by atomic mass is 10.2. The van der Waals surface area contributed by atoms with E-state index in [9.17, 15) is 18.0 Å². The van der Waals surface area contributed by atoms with Crippen molar-refractivity contribution in [3.05, 3.63) is 53.9 Å². The standard InChI is InChI=1S/C21H21F3N4O2/c1-30-16-7-2-13(3-8-16)11-28(15-5-6-15)12-19(29)25-14-4-9-17-18(10-14)27-20(26-17)21(22,23)24/h2-4,7-10,15H,5-6,11-12H2,1H3,(H,25,29)(H,26,27). The van der Waals surface area contributed by atoms with Crippen LogP contribution in [0.4, 0.5) is 18.9 Å². The minimum absolute atomic E-state index is 0.194. The molecule has 0 saturated heterocycles. The third-order valence-corrected chi connectivity index (χ3v) is 4.99. The molecule has 6 nitrogen and oxygen atoms in total. The number of nitrogens with zero attached hydrogens (tertiary/aromatic N) is 2. The molecule has 4 rings (SSSR count). The van der Waals surface area contributed by atoms with Crippen molar-refractivity contribution in [3.8, 4) is 5.75 Å². The highest BCUT2D eigenvalue weighted by molar-refractivity contribution is 5.94. The number of amides is 1. The lowest BCUT2D eigenvalue weighted by molar-refractivity contribution is -0.144. The fourth-order valence-electron chi connectivity index (χ4n) is 3.33. The minimum Gasteiger partial charge on any atom is -0.497 e. The summed E-state index contributed by atoms with van der Waals surface area (Å²) in [5.41, 5.74) is 1.91. The number of anilines is 1. The Bertz CT molecular complexity index is 1040. The van der Waals surface area contributed by atoms with Crippen molar-refractivity contribution in [1.82, 2.24) is 14.9 Å². The Kier molecular flexibility index (Phi) is 5.38. The number of carbonyl (C=O) groups is 1. The number of hydrogen-bond donors (Lipinski definition) is 2. The van der Waals surface area contributed by atoms with E-state index in [4.69, 9.17) is 4.74 Å². The molecule has 30 heavy (non-hydrogen) atoms. The van der Waals surface area contributed by atoms with Crippen molar-refractivity contribution in [1.29, 1.82) is 0 Å². The molecule has 1 aliphatic carbocycles. The number of benzene rings is 2.